The zero-order valence-corrected chi connectivity index (χ0v) is 14.2. The molecule has 0 unspecified atom stereocenters. The molecule has 1 heterocycles. The second kappa shape index (κ2) is 8.46. The van der Waals surface area contributed by atoms with Crippen molar-refractivity contribution in [3.63, 3.8) is 0 Å². The lowest BCUT2D eigenvalue weighted by molar-refractivity contribution is -0.149. The van der Waals surface area contributed by atoms with E-state index in [0.717, 1.165) is 25.3 Å². The Morgan fingerprint density at radius 2 is 1.72 bits per heavy atom. The maximum atomic E-state index is 13.0. The Labute approximate surface area is 147 Å². The lowest BCUT2D eigenvalue weighted by Gasteiger charge is -2.36. The monoisotopic (exact) mass is 392 g/mol. The van der Waals surface area contributed by atoms with E-state index in [1.165, 1.54) is 0 Å². The molecule has 1 fully saturated rings. The summed E-state index contributed by atoms with van der Waals surface area (Å²) in [5, 5.41) is 3.04. The zero-order chi connectivity index (χ0) is 18.0. The van der Waals surface area contributed by atoms with Crippen molar-refractivity contribution in [3.8, 4) is 5.75 Å². The summed E-state index contributed by atoms with van der Waals surface area (Å²) < 4.78 is 82.3. The molecular weight excluding hydrogens is 374 g/mol. The van der Waals surface area contributed by atoms with Crippen LogP contribution in [0.15, 0.2) is 18.2 Å². The molecule has 1 aliphatic rings. The predicted octanol–water partition coefficient (Wildman–Crippen LogP) is 4.03. The molecule has 144 valence electrons. The SMILES string of the molecule is COc1cc(C(F)(F)F)ccc1[C@H](CC(F)(F)F)N1CCNCC1.Cl. The van der Waals surface area contributed by atoms with Crippen LogP contribution in [0.2, 0.25) is 0 Å². The van der Waals surface area contributed by atoms with E-state index in [2.05, 4.69) is 5.32 Å². The van der Waals surface area contributed by atoms with Gasteiger partial charge in [0.2, 0.25) is 0 Å². The van der Waals surface area contributed by atoms with Crippen molar-refractivity contribution >= 4 is 12.4 Å². The molecule has 10 heteroatoms. The van der Waals surface area contributed by atoms with Crippen LogP contribution in [0.25, 0.3) is 0 Å². The van der Waals surface area contributed by atoms with Gasteiger partial charge in [0.05, 0.1) is 19.1 Å². The van der Waals surface area contributed by atoms with E-state index in [9.17, 15) is 26.3 Å². The van der Waals surface area contributed by atoms with Crippen molar-refractivity contribution < 1.29 is 31.1 Å². The van der Waals surface area contributed by atoms with Gasteiger partial charge in [-0.1, -0.05) is 6.07 Å². The fourth-order valence-corrected chi connectivity index (χ4v) is 2.81. The molecule has 0 aliphatic carbocycles. The normalized spacial score (nSPS) is 17.7. The van der Waals surface area contributed by atoms with Crippen LogP contribution in [-0.4, -0.2) is 44.4 Å². The minimum Gasteiger partial charge on any atom is -0.496 e. The molecule has 0 bridgehead atoms. The summed E-state index contributed by atoms with van der Waals surface area (Å²) in [5.41, 5.74) is -0.834. The number of hydrogen-bond acceptors (Lipinski definition) is 3. The fraction of sp³-hybridized carbons (Fsp3) is 0.600. The smallest absolute Gasteiger partial charge is 0.416 e. The third-order valence-electron chi connectivity index (χ3n) is 3.94. The van der Waals surface area contributed by atoms with Gasteiger partial charge in [-0.15, -0.1) is 12.4 Å². The molecule has 1 aromatic carbocycles. The van der Waals surface area contributed by atoms with Gasteiger partial charge in [0.1, 0.15) is 5.75 Å². The predicted molar refractivity (Wildman–Crippen MR) is 83.1 cm³/mol. The molecule has 1 N–H and O–H groups in total. The highest BCUT2D eigenvalue weighted by molar-refractivity contribution is 5.85. The second-order valence-electron chi connectivity index (χ2n) is 5.58. The van der Waals surface area contributed by atoms with Crippen LogP contribution in [-0.2, 0) is 6.18 Å². The van der Waals surface area contributed by atoms with Crippen LogP contribution >= 0.6 is 12.4 Å². The molecule has 3 nitrogen and oxygen atoms in total. The van der Waals surface area contributed by atoms with Gasteiger partial charge in [-0.05, 0) is 12.1 Å². The third kappa shape index (κ3) is 5.93. The Bertz CT molecular complexity index is 558. The van der Waals surface area contributed by atoms with Crippen LogP contribution < -0.4 is 10.1 Å². The Balaban J connectivity index is 0.00000312. The standard InChI is InChI=1S/C15H18F6N2O.ClH/c1-24-13-8-10(15(19,20)21)2-3-11(13)12(9-14(16,17)18)23-6-4-22-5-7-23;/h2-3,8,12,22H,4-7,9H2,1H3;1H/t12-;/m0./s1. The first-order valence-corrected chi connectivity index (χ1v) is 7.38. The van der Waals surface area contributed by atoms with Crippen LogP contribution in [0.3, 0.4) is 0 Å². The van der Waals surface area contributed by atoms with Crippen molar-refractivity contribution in [2.75, 3.05) is 33.3 Å². The average Bonchev–Trinajstić information content (AvgIpc) is 2.51. The first kappa shape index (κ1) is 21.9. The Morgan fingerprint density at radius 1 is 1.12 bits per heavy atom. The molecule has 0 saturated carbocycles. The lowest BCUT2D eigenvalue weighted by atomic mass is 9.98. The molecule has 0 aromatic heterocycles. The maximum Gasteiger partial charge on any atom is 0.416 e. The Kier molecular flexibility index (Phi) is 7.40. The van der Waals surface area contributed by atoms with Gasteiger partial charge >= 0.3 is 12.4 Å². The van der Waals surface area contributed by atoms with E-state index >= 15 is 0 Å². The molecule has 1 saturated heterocycles. The number of benzene rings is 1. The van der Waals surface area contributed by atoms with Crippen molar-refractivity contribution in [2.45, 2.75) is 24.8 Å². The minimum absolute atomic E-state index is 0. The lowest BCUT2D eigenvalue weighted by Crippen LogP contribution is -2.46. The number of halogens is 7. The third-order valence-corrected chi connectivity index (χ3v) is 3.94. The molecule has 2 rings (SSSR count). The van der Waals surface area contributed by atoms with Gasteiger partial charge in [-0.2, -0.15) is 26.3 Å². The molecule has 1 atom stereocenters. The summed E-state index contributed by atoms with van der Waals surface area (Å²) in [5.74, 6) is -0.183. The largest absolute Gasteiger partial charge is 0.496 e. The molecule has 0 amide bonds. The molecule has 0 radical (unpaired) electrons. The molecule has 1 aliphatic heterocycles. The molecule has 0 spiro atoms. The number of hydrogen-bond donors (Lipinski definition) is 1. The van der Waals surface area contributed by atoms with Crippen molar-refractivity contribution in [1.29, 1.82) is 0 Å². The van der Waals surface area contributed by atoms with Crippen LogP contribution in [0, 0.1) is 0 Å². The number of methoxy groups -OCH3 is 1. The molecular formula is C15H19ClF6N2O. The first-order chi connectivity index (χ1) is 11.1. The second-order valence-corrected chi connectivity index (χ2v) is 5.58. The topological polar surface area (TPSA) is 24.5 Å². The summed E-state index contributed by atoms with van der Waals surface area (Å²) in [6.07, 6.45) is -10.2. The van der Waals surface area contributed by atoms with Gasteiger partial charge in [0, 0.05) is 37.8 Å². The molecule has 25 heavy (non-hydrogen) atoms. The number of ether oxygens (including phenoxy) is 1. The summed E-state index contributed by atoms with van der Waals surface area (Å²) in [7, 11) is 1.15. The van der Waals surface area contributed by atoms with Gasteiger partial charge in [0.25, 0.3) is 0 Å². The zero-order valence-electron chi connectivity index (χ0n) is 13.4. The van der Waals surface area contributed by atoms with Crippen molar-refractivity contribution in [1.82, 2.24) is 10.2 Å². The Morgan fingerprint density at radius 3 is 2.20 bits per heavy atom. The summed E-state index contributed by atoms with van der Waals surface area (Å²) >= 11 is 0. The van der Waals surface area contributed by atoms with E-state index in [4.69, 9.17) is 4.74 Å². The van der Waals surface area contributed by atoms with Crippen LogP contribution in [0.5, 0.6) is 5.75 Å². The van der Waals surface area contributed by atoms with E-state index in [0.29, 0.717) is 26.2 Å². The highest BCUT2D eigenvalue weighted by Gasteiger charge is 2.38. The van der Waals surface area contributed by atoms with E-state index in [1.807, 2.05) is 0 Å². The van der Waals surface area contributed by atoms with Crippen LogP contribution in [0.1, 0.15) is 23.6 Å². The fourth-order valence-electron chi connectivity index (χ4n) is 2.81. The highest BCUT2D eigenvalue weighted by Crippen LogP contribution is 2.40. The van der Waals surface area contributed by atoms with E-state index in [-0.39, 0.29) is 23.7 Å². The van der Waals surface area contributed by atoms with E-state index < -0.39 is 30.4 Å². The number of nitrogens with one attached hydrogen (secondary N) is 1. The van der Waals surface area contributed by atoms with Gasteiger partial charge in [-0.3, -0.25) is 4.90 Å². The summed E-state index contributed by atoms with van der Waals surface area (Å²) in [6.45, 7) is 1.81. The number of piperazine rings is 1. The van der Waals surface area contributed by atoms with Gasteiger partial charge < -0.3 is 10.1 Å². The maximum absolute atomic E-state index is 13.0. The van der Waals surface area contributed by atoms with Gasteiger partial charge in [-0.25, -0.2) is 0 Å². The Hall–Kier alpha value is -1.19. The number of nitrogens with zero attached hydrogens (tertiary/aromatic N) is 1. The van der Waals surface area contributed by atoms with Crippen molar-refractivity contribution in [2.24, 2.45) is 0 Å². The van der Waals surface area contributed by atoms with Gasteiger partial charge in [0.15, 0.2) is 0 Å². The summed E-state index contributed by atoms with van der Waals surface area (Å²) in [4.78, 5) is 1.62. The summed E-state index contributed by atoms with van der Waals surface area (Å²) in [6, 6.07) is 1.55. The highest BCUT2D eigenvalue weighted by atomic mass is 35.5. The number of alkyl halides is 6. The average molecular weight is 393 g/mol. The van der Waals surface area contributed by atoms with Crippen molar-refractivity contribution in [3.05, 3.63) is 29.3 Å². The first-order valence-electron chi connectivity index (χ1n) is 7.38. The quantitative estimate of drug-likeness (QED) is 0.783. The van der Waals surface area contributed by atoms with Crippen LogP contribution in [0.4, 0.5) is 26.3 Å². The molecule has 1 aromatic rings. The minimum atomic E-state index is -4.58. The van der Waals surface area contributed by atoms with E-state index in [1.54, 1.807) is 4.90 Å². The number of rotatable bonds is 4.